The predicted octanol–water partition coefficient (Wildman–Crippen LogP) is 1.51. The van der Waals surface area contributed by atoms with Gasteiger partial charge in [-0.15, -0.1) is 0 Å². The number of aromatic amines is 1. The highest BCUT2D eigenvalue weighted by Crippen LogP contribution is 2.31. The van der Waals surface area contributed by atoms with Crippen molar-refractivity contribution >= 4 is 11.8 Å². The summed E-state index contributed by atoms with van der Waals surface area (Å²) in [6.07, 6.45) is -2.90. The number of alkyl halides is 3. The monoisotopic (exact) mass is 330 g/mol. The fraction of sp³-hybridized carbons (Fsp3) is 0.643. The molecule has 4 heterocycles. The molecule has 9 heteroatoms. The molecule has 1 N–H and O–H groups in total. The fourth-order valence-electron chi connectivity index (χ4n) is 3.31. The van der Waals surface area contributed by atoms with E-state index in [9.17, 15) is 22.8 Å². The minimum absolute atomic E-state index is 0.0460. The predicted molar refractivity (Wildman–Crippen MR) is 73.4 cm³/mol. The molecule has 0 aromatic carbocycles. The summed E-state index contributed by atoms with van der Waals surface area (Å²) in [7, 11) is 0. The number of rotatable bonds is 1. The van der Waals surface area contributed by atoms with Crippen LogP contribution in [0, 0.1) is 5.92 Å². The van der Waals surface area contributed by atoms with E-state index in [1.54, 1.807) is 9.80 Å². The second-order valence-corrected chi connectivity index (χ2v) is 6.14. The standard InChI is InChI=1S/C14H17F3N4O2/c1-8(22)20-5-9-2-3-10(7-20)21(6-9)13(23)11-4-12(19-18-11)14(15,16)17/h4,9-10H,2-3,5-7H2,1H3,(H,18,19)/t9-,10+/m1/s1. The lowest BCUT2D eigenvalue weighted by molar-refractivity contribution is -0.141. The van der Waals surface area contributed by atoms with E-state index >= 15 is 0 Å². The van der Waals surface area contributed by atoms with Crippen LogP contribution in [0.15, 0.2) is 6.07 Å². The normalized spacial score (nSPS) is 24.7. The number of carbonyl (C=O) groups is 2. The Morgan fingerprint density at radius 1 is 1.26 bits per heavy atom. The van der Waals surface area contributed by atoms with Gasteiger partial charge >= 0.3 is 6.18 Å². The van der Waals surface area contributed by atoms with E-state index in [4.69, 9.17) is 0 Å². The van der Waals surface area contributed by atoms with Crippen molar-refractivity contribution in [1.29, 1.82) is 0 Å². The van der Waals surface area contributed by atoms with Crippen LogP contribution in [0.25, 0.3) is 0 Å². The van der Waals surface area contributed by atoms with Crippen molar-refractivity contribution in [1.82, 2.24) is 20.0 Å². The molecule has 3 saturated heterocycles. The van der Waals surface area contributed by atoms with Gasteiger partial charge in [0.25, 0.3) is 5.91 Å². The molecule has 23 heavy (non-hydrogen) atoms. The summed E-state index contributed by atoms with van der Waals surface area (Å²) in [4.78, 5) is 27.4. The molecule has 126 valence electrons. The van der Waals surface area contributed by atoms with Crippen molar-refractivity contribution in [3.8, 4) is 0 Å². The van der Waals surface area contributed by atoms with Crippen molar-refractivity contribution < 1.29 is 22.8 Å². The van der Waals surface area contributed by atoms with Crippen LogP contribution in [0.4, 0.5) is 13.2 Å². The van der Waals surface area contributed by atoms with Crippen LogP contribution in [-0.4, -0.2) is 57.5 Å². The SMILES string of the molecule is CC(=O)N1C[C@H]2CC[C@@H](C1)N(C(=O)c1cc(C(F)(F)F)[nH]n1)C2. The highest BCUT2D eigenvalue weighted by molar-refractivity contribution is 5.92. The number of carbonyl (C=O) groups excluding carboxylic acids is 2. The van der Waals surface area contributed by atoms with E-state index < -0.39 is 17.8 Å². The van der Waals surface area contributed by atoms with Crippen molar-refractivity contribution in [2.75, 3.05) is 19.6 Å². The van der Waals surface area contributed by atoms with Gasteiger partial charge in [0.05, 0.1) is 0 Å². The van der Waals surface area contributed by atoms with Crippen LogP contribution in [-0.2, 0) is 11.0 Å². The molecule has 2 atom stereocenters. The first kappa shape index (κ1) is 15.8. The molecular formula is C14H17F3N4O2. The highest BCUT2D eigenvalue weighted by Gasteiger charge is 2.40. The van der Waals surface area contributed by atoms with Gasteiger partial charge in [0.15, 0.2) is 5.69 Å². The number of fused-ring (bicyclic) bond motifs is 4. The Kier molecular flexibility index (Phi) is 3.81. The van der Waals surface area contributed by atoms with E-state index in [0.29, 0.717) is 19.6 Å². The number of nitrogens with one attached hydrogen (secondary N) is 1. The molecule has 2 amide bonds. The fourth-order valence-corrected chi connectivity index (χ4v) is 3.31. The first-order valence-corrected chi connectivity index (χ1v) is 7.45. The number of piperidine rings is 1. The second-order valence-electron chi connectivity index (χ2n) is 6.14. The third kappa shape index (κ3) is 3.04. The maximum Gasteiger partial charge on any atom is 0.432 e. The third-order valence-electron chi connectivity index (χ3n) is 4.52. The summed E-state index contributed by atoms with van der Waals surface area (Å²) >= 11 is 0. The maximum atomic E-state index is 12.6. The molecule has 1 aromatic heterocycles. The van der Waals surface area contributed by atoms with Gasteiger partial charge in [-0.25, -0.2) is 0 Å². The molecular weight excluding hydrogens is 313 g/mol. The smallest absolute Gasteiger partial charge is 0.341 e. The van der Waals surface area contributed by atoms with Gasteiger partial charge in [-0.1, -0.05) is 0 Å². The summed E-state index contributed by atoms with van der Waals surface area (Å²) in [5.41, 5.74) is -1.27. The van der Waals surface area contributed by atoms with E-state index in [1.165, 1.54) is 6.92 Å². The molecule has 0 spiro atoms. The van der Waals surface area contributed by atoms with Crippen molar-refractivity contribution in [3.05, 3.63) is 17.5 Å². The minimum atomic E-state index is -4.56. The number of amides is 2. The molecule has 4 rings (SSSR count). The summed E-state index contributed by atoms with van der Waals surface area (Å²) in [6.45, 7) is 2.94. The Morgan fingerprint density at radius 2 is 2.00 bits per heavy atom. The lowest BCUT2D eigenvalue weighted by Gasteiger charge is -2.35. The van der Waals surface area contributed by atoms with Crippen LogP contribution in [0.5, 0.6) is 0 Å². The van der Waals surface area contributed by atoms with Crippen LogP contribution in [0.1, 0.15) is 35.9 Å². The summed E-state index contributed by atoms with van der Waals surface area (Å²) in [5, 5.41) is 5.37. The molecule has 6 nitrogen and oxygen atoms in total. The number of hydrogen-bond acceptors (Lipinski definition) is 3. The van der Waals surface area contributed by atoms with Crippen molar-refractivity contribution in [2.24, 2.45) is 5.92 Å². The van der Waals surface area contributed by atoms with Crippen molar-refractivity contribution in [2.45, 2.75) is 32.0 Å². The number of halogens is 3. The molecule has 3 aliphatic heterocycles. The average Bonchev–Trinajstić information content (AvgIpc) is 2.80. The van der Waals surface area contributed by atoms with Gasteiger partial charge in [-0.3, -0.25) is 14.7 Å². The van der Waals surface area contributed by atoms with Crippen LogP contribution >= 0.6 is 0 Å². The van der Waals surface area contributed by atoms with E-state index in [1.807, 2.05) is 5.10 Å². The second kappa shape index (κ2) is 5.54. The molecule has 2 bridgehead atoms. The van der Waals surface area contributed by atoms with Crippen LogP contribution in [0.3, 0.4) is 0 Å². The first-order valence-electron chi connectivity index (χ1n) is 7.45. The molecule has 3 aliphatic rings. The number of hydrogen-bond donors (Lipinski definition) is 1. The molecule has 3 fully saturated rings. The molecule has 0 saturated carbocycles. The maximum absolute atomic E-state index is 12.6. The van der Waals surface area contributed by atoms with Gasteiger partial charge in [-0.05, 0) is 18.8 Å². The van der Waals surface area contributed by atoms with E-state index in [2.05, 4.69) is 5.10 Å². The zero-order valence-corrected chi connectivity index (χ0v) is 12.6. The van der Waals surface area contributed by atoms with Gasteiger partial charge in [0.1, 0.15) is 5.69 Å². The van der Waals surface area contributed by atoms with Gasteiger partial charge < -0.3 is 9.80 Å². The molecule has 0 radical (unpaired) electrons. The first-order chi connectivity index (χ1) is 10.8. The summed E-state index contributed by atoms with van der Waals surface area (Å²) < 4.78 is 37.9. The highest BCUT2D eigenvalue weighted by atomic mass is 19.4. The lowest BCUT2D eigenvalue weighted by Crippen LogP contribution is -2.47. The zero-order chi connectivity index (χ0) is 16.8. The van der Waals surface area contributed by atoms with Gasteiger partial charge in [-0.2, -0.15) is 18.3 Å². The Hall–Kier alpha value is -2.06. The summed E-state index contributed by atoms with van der Waals surface area (Å²) in [6, 6.07) is 0.570. The van der Waals surface area contributed by atoms with E-state index in [-0.39, 0.29) is 23.6 Å². The number of aromatic nitrogens is 2. The van der Waals surface area contributed by atoms with E-state index in [0.717, 1.165) is 18.9 Å². The van der Waals surface area contributed by atoms with Crippen LogP contribution < -0.4 is 0 Å². The zero-order valence-electron chi connectivity index (χ0n) is 12.6. The average molecular weight is 330 g/mol. The lowest BCUT2D eigenvalue weighted by atomic mass is 9.94. The molecule has 0 unspecified atom stereocenters. The molecule has 1 aromatic rings. The van der Waals surface area contributed by atoms with Gasteiger partial charge in [0, 0.05) is 38.7 Å². The van der Waals surface area contributed by atoms with Crippen LogP contribution in [0.2, 0.25) is 0 Å². The van der Waals surface area contributed by atoms with Gasteiger partial charge in [0.2, 0.25) is 5.91 Å². The summed E-state index contributed by atoms with van der Waals surface area (Å²) in [5.74, 6) is -0.408. The third-order valence-corrected chi connectivity index (χ3v) is 4.52. The Bertz CT molecular complexity index is 628. The topological polar surface area (TPSA) is 69.3 Å². The Labute approximate surface area is 130 Å². The van der Waals surface area contributed by atoms with Crippen molar-refractivity contribution in [3.63, 3.8) is 0 Å². The number of nitrogens with zero attached hydrogens (tertiary/aromatic N) is 3. The quantitative estimate of drug-likeness (QED) is 0.849. The minimum Gasteiger partial charge on any atom is -0.341 e. The Balaban J connectivity index is 1.80. The Morgan fingerprint density at radius 3 is 2.61 bits per heavy atom. The largest absolute Gasteiger partial charge is 0.432 e. The molecule has 0 aliphatic carbocycles. The number of H-pyrrole nitrogens is 1.